The Morgan fingerprint density at radius 2 is 1.02 bits per heavy atom. The van der Waals surface area contributed by atoms with E-state index in [1.165, 1.54) is 48.8 Å². The summed E-state index contributed by atoms with van der Waals surface area (Å²) in [5, 5.41) is 2.24. The van der Waals surface area contributed by atoms with Crippen molar-refractivity contribution in [3.63, 3.8) is 0 Å². The zero-order valence-corrected chi connectivity index (χ0v) is 29.4. The van der Waals surface area contributed by atoms with Crippen LogP contribution in [0, 0.1) is 23.7 Å². The van der Waals surface area contributed by atoms with Crippen LogP contribution in [0.25, 0.3) is 78.4 Å². The lowest BCUT2D eigenvalue weighted by Gasteiger charge is -2.61. The van der Waals surface area contributed by atoms with Gasteiger partial charge in [0, 0.05) is 32.9 Å². The molecule has 0 unspecified atom stereocenters. The fraction of sp³-hybridized carbons (Fsp3) is 0.204. The largest absolute Gasteiger partial charge is 0.456 e. The Morgan fingerprint density at radius 3 is 1.83 bits per heavy atom. The molecule has 8 aromatic rings. The summed E-state index contributed by atoms with van der Waals surface area (Å²) in [6.45, 7) is 0. The summed E-state index contributed by atoms with van der Waals surface area (Å²) in [6.07, 6.45) is 6.88. The van der Waals surface area contributed by atoms with Crippen molar-refractivity contribution in [1.82, 2.24) is 15.0 Å². The van der Waals surface area contributed by atoms with Crippen LogP contribution in [0.5, 0.6) is 0 Å². The first-order valence-electron chi connectivity index (χ1n) is 19.3. The minimum atomic E-state index is 0.0834. The normalized spacial score (nSPS) is 23.5. The molecule has 0 radical (unpaired) electrons. The van der Waals surface area contributed by atoms with Crippen LogP contribution in [0.3, 0.4) is 0 Å². The van der Waals surface area contributed by atoms with E-state index in [-0.39, 0.29) is 5.41 Å². The van der Waals surface area contributed by atoms with Crippen LogP contribution in [-0.4, -0.2) is 15.0 Å². The second-order valence-electron chi connectivity index (χ2n) is 16.0. The summed E-state index contributed by atoms with van der Waals surface area (Å²) in [5.41, 5.74) is 13.0. The molecule has 4 bridgehead atoms. The van der Waals surface area contributed by atoms with Gasteiger partial charge in [0.2, 0.25) is 0 Å². The predicted octanol–water partition coefficient (Wildman–Crippen LogP) is 12.2. The Balaban J connectivity index is 1.03. The molecule has 53 heavy (non-hydrogen) atoms. The summed E-state index contributed by atoms with van der Waals surface area (Å²) in [7, 11) is 0. The van der Waals surface area contributed by atoms with E-state index >= 15 is 0 Å². The molecule has 5 aliphatic rings. The molecule has 0 amide bonds. The van der Waals surface area contributed by atoms with Gasteiger partial charge in [-0.25, -0.2) is 15.0 Å². The highest BCUT2D eigenvalue weighted by atomic mass is 16.3. The van der Waals surface area contributed by atoms with E-state index in [0.29, 0.717) is 23.5 Å². The monoisotopic (exact) mass is 683 g/mol. The van der Waals surface area contributed by atoms with Gasteiger partial charge in [0.25, 0.3) is 0 Å². The van der Waals surface area contributed by atoms with Crippen molar-refractivity contribution in [3.05, 3.63) is 151 Å². The second-order valence-corrected chi connectivity index (χ2v) is 16.0. The van der Waals surface area contributed by atoms with Crippen molar-refractivity contribution in [1.29, 1.82) is 0 Å². The lowest BCUT2D eigenvalue weighted by molar-refractivity contribution is -0.0399. The predicted molar refractivity (Wildman–Crippen MR) is 212 cm³/mol. The van der Waals surface area contributed by atoms with Crippen LogP contribution >= 0.6 is 0 Å². The molecule has 254 valence electrons. The van der Waals surface area contributed by atoms with E-state index < -0.39 is 0 Å². The van der Waals surface area contributed by atoms with Gasteiger partial charge < -0.3 is 4.42 Å². The number of fused-ring (bicyclic) bond motifs is 6. The third kappa shape index (κ3) is 4.27. The first-order chi connectivity index (χ1) is 26.2. The van der Waals surface area contributed by atoms with Gasteiger partial charge in [-0.2, -0.15) is 0 Å². The van der Waals surface area contributed by atoms with Crippen molar-refractivity contribution in [2.24, 2.45) is 23.7 Å². The van der Waals surface area contributed by atoms with Gasteiger partial charge in [0.05, 0.1) is 0 Å². The Morgan fingerprint density at radius 1 is 0.434 bits per heavy atom. The molecule has 13 rings (SSSR count). The van der Waals surface area contributed by atoms with E-state index in [0.717, 1.165) is 67.4 Å². The van der Waals surface area contributed by atoms with Crippen molar-refractivity contribution in [2.75, 3.05) is 0 Å². The average Bonchev–Trinajstić information content (AvgIpc) is 3.74. The Labute approximate surface area is 308 Å². The number of hydrogen-bond donors (Lipinski definition) is 0. The van der Waals surface area contributed by atoms with Crippen LogP contribution < -0.4 is 0 Å². The van der Waals surface area contributed by atoms with Gasteiger partial charge >= 0.3 is 0 Å². The Bertz CT molecular complexity index is 2730. The Hall–Kier alpha value is -5.87. The molecule has 4 heteroatoms. The summed E-state index contributed by atoms with van der Waals surface area (Å²) >= 11 is 0. The van der Waals surface area contributed by atoms with Gasteiger partial charge in [0.1, 0.15) is 11.2 Å². The third-order valence-corrected chi connectivity index (χ3v) is 13.3. The fourth-order valence-electron chi connectivity index (χ4n) is 11.5. The smallest absolute Gasteiger partial charge is 0.164 e. The van der Waals surface area contributed by atoms with Crippen molar-refractivity contribution < 1.29 is 4.42 Å². The van der Waals surface area contributed by atoms with Gasteiger partial charge in [-0.3, -0.25) is 0 Å². The van der Waals surface area contributed by atoms with E-state index in [9.17, 15) is 0 Å². The summed E-state index contributed by atoms with van der Waals surface area (Å²) in [5.74, 6) is 5.28. The highest BCUT2D eigenvalue weighted by Gasteiger charge is 2.61. The standard InChI is InChI=1S/C49H37N3O/c1-2-10-31(11-3-1)46-50-47(33-13-8-12-32(27-33)37-16-9-19-44-45(37)40-15-5-7-18-43(40)53-44)52-48(51-46)34-20-21-39-38-14-4-6-17-41(38)49(42(39)28-34)35-23-29-22-30(25-35)26-36(49)24-29/h1-21,27-30,35-36H,22-26H2. The van der Waals surface area contributed by atoms with Crippen molar-refractivity contribution >= 4 is 21.9 Å². The summed E-state index contributed by atoms with van der Waals surface area (Å²) in [4.78, 5) is 15.7. The SMILES string of the molecule is c1ccc(-c2nc(-c3cccc(-c4cccc5oc6ccccc6c45)c3)nc(-c3ccc4c(c3)C3(c5ccccc5-4)C4CC5CC(C4)CC3C5)n2)cc1. The topological polar surface area (TPSA) is 51.8 Å². The summed E-state index contributed by atoms with van der Waals surface area (Å²) < 4.78 is 6.25. The van der Waals surface area contributed by atoms with Crippen molar-refractivity contribution in [3.8, 4) is 56.4 Å². The number of hydrogen-bond acceptors (Lipinski definition) is 4. The first-order valence-corrected chi connectivity index (χ1v) is 19.3. The molecule has 4 saturated carbocycles. The molecule has 2 aromatic heterocycles. The zero-order valence-electron chi connectivity index (χ0n) is 29.4. The highest BCUT2D eigenvalue weighted by molar-refractivity contribution is 6.12. The maximum absolute atomic E-state index is 6.25. The molecule has 0 atom stereocenters. The Kier molecular flexibility index (Phi) is 6.20. The number of nitrogens with zero attached hydrogens (tertiary/aromatic N) is 3. The van der Waals surface area contributed by atoms with Crippen LogP contribution in [-0.2, 0) is 5.41 Å². The number of rotatable bonds is 4. The van der Waals surface area contributed by atoms with Crippen LogP contribution in [0.2, 0.25) is 0 Å². The van der Waals surface area contributed by atoms with Gasteiger partial charge in [-0.1, -0.05) is 115 Å². The molecule has 2 heterocycles. The van der Waals surface area contributed by atoms with Gasteiger partial charge in [-0.05, 0) is 113 Å². The van der Waals surface area contributed by atoms with Crippen LogP contribution in [0.15, 0.2) is 144 Å². The number of aromatic nitrogens is 3. The zero-order chi connectivity index (χ0) is 34.7. The maximum atomic E-state index is 6.25. The highest BCUT2D eigenvalue weighted by Crippen LogP contribution is 2.69. The lowest BCUT2D eigenvalue weighted by atomic mass is 9.43. The molecular formula is C49H37N3O. The van der Waals surface area contributed by atoms with E-state index in [4.69, 9.17) is 19.4 Å². The minimum absolute atomic E-state index is 0.0834. The van der Waals surface area contributed by atoms with E-state index in [1.54, 1.807) is 5.56 Å². The molecule has 0 aliphatic heterocycles. The number of para-hydroxylation sites is 1. The fourth-order valence-corrected chi connectivity index (χ4v) is 11.5. The molecule has 1 spiro atoms. The van der Waals surface area contributed by atoms with Crippen molar-refractivity contribution in [2.45, 2.75) is 37.5 Å². The molecule has 5 aliphatic carbocycles. The van der Waals surface area contributed by atoms with Gasteiger partial charge in [0.15, 0.2) is 17.5 Å². The number of benzene rings is 6. The lowest BCUT2D eigenvalue weighted by Crippen LogP contribution is -2.55. The van der Waals surface area contributed by atoms with Crippen LogP contribution in [0.4, 0.5) is 0 Å². The van der Waals surface area contributed by atoms with Gasteiger partial charge in [-0.15, -0.1) is 0 Å². The molecule has 4 fully saturated rings. The average molecular weight is 684 g/mol. The van der Waals surface area contributed by atoms with E-state index in [1.807, 2.05) is 18.2 Å². The first kappa shape index (κ1) is 29.7. The molecule has 0 saturated heterocycles. The minimum Gasteiger partial charge on any atom is -0.456 e. The molecule has 0 N–H and O–H groups in total. The molecular weight excluding hydrogens is 647 g/mol. The third-order valence-electron chi connectivity index (χ3n) is 13.3. The van der Waals surface area contributed by atoms with E-state index in [2.05, 4.69) is 121 Å². The number of furan rings is 1. The maximum Gasteiger partial charge on any atom is 0.164 e. The molecule has 4 nitrogen and oxygen atoms in total. The van der Waals surface area contributed by atoms with Crippen LogP contribution in [0.1, 0.15) is 43.2 Å². The quantitative estimate of drug-likeness (QED) is 0.185. The molecule has 6 aromatic carbocycles. The second kappa shape index (κ2) is 11.1. The summed E-state index contributed by atoms with van der Waals surface area (Å²) in [6, 6.07) is 49.9.